The Morgan fingerprint density at radius 1 is 1.58 bits per heavy atom. The molecule has 19 heavy (non-hydrogen) atoms. The van der Waals surface area contributed by atoms with E-state index in [9.17, 15) is 9.90 Å². The standard InChI is InChI=1S/C13H20N4O2/c1-17-7-3-12(18)11(9-17)13(19)16-4-2-10-8-14-5-6-15-10/h5-6,8,11-12,18H,2-4,7,9H2,1H3,(H,16,19)/t11-,12+/m1/s1. The third-order valence-corrected chi connectivity index (χ3v) is 3.41. The first-order valence-corrected chi connectivity index (χ1v) is 6.56. The molecule has 0 bridgehead atoms. The Morgan fingerprint density at radius 2 is 2.42 bits per heavy atom. The lowest BCUT2D eigenvalue weighted by Gasteiger charge is -2.32. The molecule has 6 nitrogen and oxygen atoms in total. The summed E-state index contributed by atoms with van der Waals surface area (Å²) in [6.07, 6.45) is 5.72. The third kappa shape index (κ3) is 3.97. The molecule has 0 aromatic carbocycles. The lowest BCUT2D eigenvalue weighted by atomic mass is 9.94. The zero-order valence-corrected chi connectivity index (χ0v) is 11.1. The lowest BCUT2D eigenvalue weighted by molar-refractivity contribution is -0.131. The molecule has 0 unspecified atom stereocenters. The molecule has 0 saturated carbocycles. The highest BCUT2D eigenvalue weighted by molar-refractivity contribution is 5.79. The van der Waals surface area contributed by atoms with Crippen LogP contribution in [0.4, 0.5) is 0 Å². The molecule has 6 heteroatoms. The molecule has 0 spiro atoms. The van der Waals surface area contributed by atoms with Gasteiger partial charge in [-0.25, -0.2) is 0 Å². The number of carbonyl (C=O) groups excluding carboxylic acids is 1. The predicted molar refractivity (Wildman–Crippen MR) is 70.4 cm³/mol. The van der Waals surface area contributed by atoms with Gasteiger partial charge in [0.05, 0.1) is 17.7 Å². The normalized spacial score (nSPS) is 24.1. The van der Waals surface area contributed by atoms with Crippen LogP contribution < -0.4 is 5.32 Å². The topological polar surface area (TPSA) is 78.4 Å². The van der Waals surface area contributed by atoms with E-state index in [2.05, 4.69) is 20.2 Å². The summed E-state index contributed by atoms with van der Waals surface area (Å²) < 4.78 is 0. The largest absolute Gasteiger partial charge is 0.392 e. The number of carbonyl (C=O) groups is 1. The van der Waals surface area contributed by atoms with Crippen molar-refractivity contribution in [1.82, 2.24) is 20.2 Å². The summed E-state index contributed by atoms with van der Waals surface area (Å²) in [6, 6.07) is 0. The van der Waals surface area contributed by atoms with E-state index in [1.165, 1.54) is 0 Å². The van der Waals surface area contributed by atoms with Crippen LogP contribution in [-0.4, -0.2) is 58.7 Å². The van der Waals surface area contributed by atoms with Gasteiger partial charge in [-0.3, -0.25) is 14.8 Å². The van der Waals surface area contributed by atoms with Gasteiger partial charge in [0, 0.05) is 44.6 Å². The van der Waals surface area contributed by atoms with Crippen LogP contribution in [0.15, 0.2) is 18.6 Å². The molecule has 1 aliphatic heterocycles. The first kappa shape index (κ1) is 13.9. The van der Waals surface area contributed by atoms with E-state index in [1.54, 1.807) is 18.6 Å². The molecular formula is C13H20N4O2. The Bertz CT molecular complexity index is 412. The molecule has 2 rings (SSSR count). The Labute approximate surface area is 112 Å². The van der Waals surface area contributed by atoms with Gasteiger partial charge in [0.2, 0.25) is 5.91 Å². The quantitative estimate of drug-likeness (QED) is 0.763. The van der Waals surface area contributed by atoms with E-state index in [-0.39, 0.29) is 11.8 Å². The van der Waals surface area contributed by atoms with Crippen molar-refractivity contribution in [3.05, 3.63) is 24.3 Å². The monoisotopic (exact) mass is 264 g/mol. The Kier molecular flexibility index (Phi) is 4.81. The zero-order chi connectivity index (χ0) is 13.7. The van der Waals surface area contributed by atoms with Gasteiger partial charge in [-0.1, -0.05) is 0 Å². The fourth-order valence-corrected chi connectivity index (χ4v) is 2.26. The van der Waals surface area contributed by atoms with E-state index in [0.29, 0.717) is 25.9 Å². The van der Waals surface area contributed by atoms with E-state index < -0.39 is 6.10 Å². The van der Waals surface area contributed by atoms with Crippen LogP contribution in [0, 0.1) is 5.92 Å². The summed E-state index contributed by atoms with van der Waals surface area (Å²) in [5.74, 6) is -0.413. The Morgan fingerprint density at radius 3 is 3.16 bits per heavy atom. The first-order chi connectivity index (χ1) is 9.16. The van der Waals surface area contributed by atoms with Crippen molar-refractivity contribution in [2.24, 2.45) is 5.92 Å². The second kappa shape index (κ2) is 6.58. The van der Waals surface area contributed by atoms with E-state index in [0.717, 1.165) is 12.2 Å². The average Bonchev–Trinajstić information content (AvgIpc) is 2.42. The minimum absolute atomic E-state index is 0.0806. The zero-order valence-electron chi connectivity index (χ0n) is 11.1. The highest BCUT2D eigenvalue weighted by Gasteiger charge is 2.31. The summed E-state index contributed by atoms with van der Waals surface area (Å²) in [5.41, 5.74) is 0.851. The third-order valence-electron chi connectivity index (χ3n) is 3.41. The van der Waals surface area contributed by atoms with Crippen molar-refractivity contribution in [2.45, 2.75) is 18.9 Å². The maximum atomic E-state index is 12.0. The smallest absolute Gasteiger partial charge is 0.227 e. The molecule has 1 aliphatic rings. The number of piperidine rings is 1. The molecule has 1 aromatic heterocycles. The molecule has 1 saturated heterocycles. The number of likely N-dealkylation sites (tertiary alicyclic amines) is 1. The van der Waals surface area contributed by atoms with Gasteiger partial charge in [0.1, 0.15) is 0 Å². The molecule has 1 aromatic rings. The number of aromatic nitrogens is 2. The van der Waals surface area contributed by atoms with Gasteiger partial charge in [-0.05, 0) is 13.5 Å². The molecule has 2 heterocycles. The highest BCUT2D eigenvalue weighted by atomic mass is 16.3. The molecule has 104 valence electrons. The lowest BCUT2D eigenvalue weighted by Crippen LogP contribution is -2.49. The fraction of sp³-hybridized carbons (Fsp3) is 0.615. The highest BCUT2D eigenvalue weighted by Crippen LogP contribution is 2.15. The summed E-state index contributed by atoms with van der Waals surface area (Å²) in [7, 11) is 1.96. The van der Waals surface area contributed by atoms with Crippen LogP contribution >= 0.6 is 0 Å². The number of nitrogens with one attached hydrogen (secondary N) is 1. The number of hydrogen-bond acceptors (Lipinski definition) is 5. The molecule has 1 amide bonds. The number of hydrogen-bond donors (Lipinski definition) is 2. The first-order valence-electron chi connectivity index (χ1n) is 6.56. The Balaban J connectivity index is 1.77. The minimum Gasteiger partial charge on any atom is -0.392 e. The maximum absolute atomic E-state index is 12.0. The Hall–Kier alpha value is -1.53. The van der Waals surface area contributed by atoms with Crippen LogP contribution in [0.3, 0.4) is 0 Å². The minimum atomic E-state index is -0.535. The van der Waals surface area contributed by atoms with Gasteiger partial charge in [0.15, 0.2) is 0 Å². The fourth-order valence-electron chi connectivity index (χ4n) is 2.26. The van der Waals surface area contributed by atoms with Crippen LogP contribution in [0.1, 0.15) is 12.1 Å². The van der Waals surface area contributed by atoms with Crippen molar-refractivity contribution in [3.8, 4) is 0 Å². The summed E-state index contributed by atoms with van der Waals surface area (Å²) in [5, 5.41) is 12.7. The number of aliphatic hydroxyl groups excluding tert-OH is 1. The van der Waals surface area contributed by atoms with Crippen LogP contribution in [0.5, 0.6) is 0 Å². The summed E-state index contributed by atoms with van der Waals surface area (Å²) in [4.78, 5) is 22.2. The second-order valence-electron chi connectivity index (χ2n) is 4.96. The number of nitrogens with zero attached hydrogens (tertiary/aromatic N) is 3. The maximum Gasteiger partial charge on any atom is 0.227 e. The average molecular weight is 264 g/mol. The molecule has 1 fully saturated rings. The van der Waals surface area contributed by atoms with Crippen molar-refractivity contribution in [2.75, 3.05) is 26.7 Å². The van der Waals surface area contributed by atoms with Crippen LogP contribution in [0.25, 0.3) is 0 Å². The van der Waals surface area contributed by atoms with E-state index >= 15 is 0 Å². The van der Waals surface area contributed by atoms with E-state index in [1.807, 2.05) is 7.05 Å². The molecular weight excluding hydrogens is 244 g/mol. The van der Waals surface area contributed by atoms with Gasteiger partial charge >= 0.3 is 0 Å². The number of aliphatic hydroxyl groups is 1. The number of amides is 1. The van der Waals surface area contributed by atoms with Crippen LogP contribution in [-0.2, 0) is 11.2 Å². The summed E-state index contributed by atoms with van der Waals surface area (Å²) in [6.45, 7) is 1.97. The van der Waals surface area contributed by atoms with Crippen molar-refractivity contribution >= 4 is 5.91 Å². The number of rotatable bonds is 4. The van der Waals surface area contributed by atoms with Crippen LogP contribution in [0.2, 0.25) is 0 Å². The van der Waals surface area contributed by atoms with Gasteiger partial charge in [-0.2, -0.15) is 0 Å². The van der Waals surface area contributed by atoms with Gasteiger partial charge < -0.3 is 15.3 Å². The predicted octanol–water partition coefficient (Wildman–Crippen LogP) is -0.552. The second-order valence-corrected chi connectivity index (χ2v) is 4.96. The molecule has 0 aliphatic carbocycles. The van der Waals surface area contributed by atoms with Crippen molar-refractivity contribution in [3.63, 3.8) is 0 Å². The SMILES string of the molecule is CN1CC[C@H](O)[C@H](C(=O)NCCc2cnccn2)C1. The van der Waals surface area contributed by atoms with Gasteiger partial charge in [0.25, 0.3) is 0 Å². The summed E-state index contributed by atoms with van der Waals surface area (Å²) >= 11 is 0. The van der Waals surface area contributed by atoms with Crippen molar-refractivity contribution < 1.29 is 9.90 Å². The molecule has 0 radical (unpaired) electrons. The van der Waals surface area contributed by atoms with E-state index in [4.69, 9.17) is 0 Å². The molecule has 2 N–H and O–H groups in total. The van der Waals surface area contributed by atoms with Crippen molar-refractivity contribution in [1.29, 1.82) is 0 Å². The molecule has 2 atom stereocenters. The van der Waals surface area contributed by atoms with Gasteiger partial charge in [-0.15, -0.1) is 0 Å².